The van der Waals surface area contributed by atoms with Gasteiger partial charge < -0.3 is 29.9 Å². The fraction of sp³-hybridized carbons (Fsp3) is 0.389. The highest BCUT2D eigenvalue weighted by Gasteiger charge is 2.16. The molecule has 1 aromatic heterocycles. The maximum atomic E-state index is 11.0. The van der Waals surface area contributed by atoms with E-state index >= 15 is 0 Å². The van der Waals surface area contributed by atoms with E-state index in [2.05, 4.69) is 15.6 Å². The second-order valence-electron chi connectivity index (χ2n) is 6.37. The molecule has 0 bridgehead atoms. The first kappa shape index (κ1) is 19.3. The van der Waals surface area contributed by atoms with Gasteiger partial charge in [0.2, 0.25) is 0 Å². The molecule has 1 heterocycles. The van der Waals surface area contributed by atoms with Gasteiger partial charge in [-0.2, -0.15) is 0 Å². The van der Waals surface area contributed by atoms with Gasteiger partial charge in [0.25, 0.3) is 0 Å². The molecule has 140 valence electrons. The van der Waals surface area contributed by atoms with Crippen LogP contribution >= 0.6 is 0 Å². The number of oxazole rings is 1. The topological polar surface area (TPSA) is 108 Å². The molecule has 0 aliphatic heterocycles. The normalized spacial score (nSPS) is 12.9. The second-order valence-corrected chi connectivity index (χ2v) is 6.37. The summed E-state index contributed by atoms with van der Waals surface area (Å²) in [7, 11) is 3.86. The van der Waals surface area contributed by atoms with Gasteiger partial charge in [-0.05, 0) is 24.6 Å². The van der Waals surface area contributed by atoms with Crippen LogP contribution in [0.3, 0.4) is 0 Å². The van der Waals surface area contributed by atoms with Crippen molar-refractivity contribution < 1.29 is 19.1 Å². The number of aromatic nitrogens is 1. The van der Waals surface area contributed by atoms with Gasteiger partial charge in [0.1, 0.15) is 6.29 Å². The summed E-state index contributed by atoms with van der Waals surface area (Å²) >= 11 is 0. The van der Waals surface area contributed by atoms with Gasteiger partial charge >= 0.3 is 6.09 Å². The number of rotatable bonds is 9. The summed E-state index contributed by atoms with van der Waals surface area (Å²) in [6, 6.07) is 5.40. The fourth-order valence-corrected chi connectivity index (χ4v) is 2.68. The van der Waals surface area contributed by atoms with Gasteiger partial charge in [-0.3, -0.25) is 0 Å². The Labute approximate surface area is 152 Å². The summed E-state index contributed by atoms with van der Waals surface area (Å²) in [6.07, 6.45) is 3.19. The Bertz CT molecular complexity index is 731. The standard InChI is InChI=1S/C18H24N4O4/c1-12(10-23)6-14(21-18(24)25)8-20-13-4-5-15(16(7-13)22(2)3)17-9-19-11-26-17/h4-5,7,9-12,14,20-21H,6,8H2,1-3H3,(H,24,25). The van der Waals surface area contributed by atoms with E-state index in [0.29, 0.717) is 18.7 Å². The predicted octanol–water partition coefficient (Wildman–Crippen LogP) is 2.68. The molecule has 0 aliphatic rings. The van der Waals surface area contributed by atoms with Crippen LogP contribution in [0.5, 0.6) is 0 Å². The van der Waals surface area contributed by atoms with Crippen molar-refractivity contribution in [1.82, 2.24) is 10.3 Å². The molecule has 2 aromatic rings. The van der Waals surface area contributed by atoms with Crippen LogP contribution in [-0.4, -0.2) is 49.2 Å². The number of carboxylic acid groups (broad SMARTS) is 1. The molecular formula is C18H24N4O4. The van der Waals surface area contributed by atoms with Gasteiger partial charge in [-0.15, -0.1) is 0 Å². The molecule has 8 nitrogen and oxygen atoms in total. The molecule has 1 amide bonds. The third kappa shape index (κ3) is 5.23. The molecule has 0 saturated heterocycles. The highest BCUT2D eigenvalue weighted by molar-refractivity contribution is 5.78. The monoisotopic (exact) mass is 360 g/mol. The number of hydrogen-bond acceptors (Lipinski definition) is 6. The van der Waals surface area contributed by atoms with Crippen LogP contribution in [0.15, 0.2) is 35.2 Å². The lowest BCUT2D eigenvalue weighted by Gasteiger charge is -2.21. The average Bonchev–Trinajstić information content (AvgIpc) is 3.13. The van der Waals surface area contributed by atoms with E-state index in [4.69, 9.17) is 9.52 Å². The van der Waals surface area contributed by atoms with Crippen LogP contribution < -0.4 is 15.5 Å². The zero-order chi connectivity index (χ0) is 19.1. The van der Waals surface area contributed by atoms with Crippen LogP contribution in [0, 0.1) is 5.92 Å². The average molecular weight is 360 g/mol. The number of aldehydes is 1. The van der Waals surface area contributed by atoms with Crippen LogP contribution in [-0.2, 0) is 4.79 Å². The number of nitrogens with zero attached hydrogens (tertiary/aromatic N) is 2. The third-order valence-electron chi connectivity index (χ3n) is 3.95. The predicted molar refractivity (Wildman–Crippen MR) is 99.5 cm³/mol. The van der Waals surface area contributed by atoms with Crippen molar-refractivity contribution in [3.05, 3.63) is 30.8 Å². The van der Waals surface area contributed by atoms with Crippen molar-refractivity contribution in [3.8, 4) is 11.3 Å². The zero-order valence-electron chi connectivity index (χ0n) is 15.1. The molecule has 0 radical (unpaired) electrons. The summed E-state index contributed by atoms with van der Waals surface area (Å²) < 4.78 is 5.38. The highest BCUT2D eigenvalue weighted by Crippen LogP contribution is 2.32. The van der Waals surface area contributed by atoms with Crippen molar-refractivity contribution >= 4 is 23.8 Å². The van der Waals surface area contributed by atoms with E-state index in [1.807, 2.05) is 37.2 Å². The molecule has 0 saturated carbocycles. The van der Waals surface area contributed by atoms with Gasteiger partial charge in [0, 0.05) is 43.5 Å². The SMILES string of the molecule is CC(C=O)CC(CNc1ccc(-c2cnco2)c(N(C)C)c1)NC(=O)O. The Morgan fingerprint density at radius 2 is 2.19 bits per heavy atom. The molecule has 8 heteroatoms. The number of benzene rings is 1. The maximum absolute atomic E-state index is 11.0. The fourth-order valence-electron chi connectivity index (χ4n) is 2.68. The van der Waals surface area contributed by atoms with Crippen molar-refractivity contribution in [3.63, 3.8) is 0 Å². The molecule has 2 atom stereocenters. The van der Waals surface area contributed by atoms with E-state index < -0.39 is 6.09 Å². The Hall–Kier alpha value is -3.03. The lowest BCUT2D eigenvalue weighted by molar-refractivity contribution is -0.110. The summed E-state index contributed by atoms with van der Waals surface area (Å²) in [5.74, 6) is 0.449. The number of nitrogens with one attached hydrogen (secondary N) is 2. The first-order valence-electron chi connectivity index (χ1n) is 8.29. The lowest BCUT2D eigenvalue weighted by Crippen LogP contribution is -2.40. The molecule has 2 unspecified atom stereocenters. The van der Waals surface area contributed by atoms with Crippen LogP contribution in [0.25, 0.3) is 11.3 Å². The van der Waals surface area contributed by atoms with Gasteiger partial charge in [0.05, 0.1) is 12.2 Å². The van der Waals surface area contributed by atoms with Gasteiger partial charge in [-0.25, -0.2) is 9.78 Å². The lowest BCUT2D eigenvalue weighted by atomic mass is 10.0. The Morgan fingerprint density at radius 1 is 1.42 bits per heavy atom. The molecule has 0 spiro atoms. The molecule has 26 heavy (non-hydrogen) atoms. The summed E-state index contributed by atoms with van der Waals surface area (Å²) in [5.41, 5.74) is 2.69. The van der Waals surface area contributed by atoms with E-state index in [0.717, 1.165) is 23.2 Å². The van der Waals surface area contributed by atoms with Crippen molar-refractivity contribution in [2.75, 3.05) is 30.9 Å². The summed E-state index contributed by atoms with van der Waals surface area (Å²) in [4.78, 5) is 27.7. The van der Waals surface area contributed by atoms with E-state index in [-0.39, 0.29) is 12.0 Å². The zero-order valence-corrected chi connectivity index (χ0v) is 15.1. The number of carbonyl (C=O) groups excluding carboxylic acids is 1. The third-order valence-corrected chi connectivity index (χ3v) is 3.95. The van der Waals surface area contributed by atoms with Crippen molar-refractivity contribution in [2.24, 2.45) is 5.92 Å². The molecule has 0 fully saturated rings. The van der Waals surface area contributed by atoms with Gasteiger partial charge in [-0.1, -0.05) is 6.92 Å². The number of hydrogen-bond donors (Lipinski definition) is 3. The maximum Gasteiger partial charge on any atom is 0.404 e. The van der Waals surface area contributed by atoms with Crippen molar-refractivity contribution in [2.45, 2.75) is 19.4 Å². The summed E-state index contributed by atoms with van der Waals surface area (Å²) in [5, 5.41) is 14.7. The Balaban J connectivity index is 2.13. The van der Waals surface area contributed by atoms with E-state index in [1.54, 1.807) is 13.1 Å². The number of anilines is 2. The molecule has 0 aliphatic carbocycles. The number of amides is 1. The Kier molecular flexibility index (Phi) is 6.60. The molecule has 3 N–H and O–H groups in total. The molecule has 2 rings (SSSR count). The minimum atomic E-state index is -1.11. The van der Waals surface area contributed by atoms with Gasteiger partial charge in [0.15, 0.2) is 12.2 Å². The largest absolute Gasteiger partial charge is 0.465 e. The number of carbonyl (C=O) groups is 2. The van der Waals surface area contributed by atoms with Crippen LogP contribution in [0.1, 0.15) is 13.3 Å². The minimum absolute atomic E-state index is 0.222. The van der Waals surface area contributed by atoms with E-state index in [1.165, 1.54) is 6.39 Å². The van der Waals surface area contributed by atoms with Crippen LogP contribution in [0.2, 0.25) is 0 Å². The molecule has 1 aromatic carbocycles. The smallest absolute Gasteiger partial charge is 0.404 e. The minimum Gasteiger partial charge on any atom is -0.465 e. The van der Waals surface area contributed by atoms with Crippen LogP contribution in [0.4, 0.5) is 16.2 Å². The second kappa shape index (κ2) is 8.89. The van der Waals surface area contributed by atoms with Crippen molar-refractivity contribution in [1.29, 1.82) is 0 Å². The summed E-state index contributed by atoms with van der Waals surface area (Å²) in [6.45, 7) is 2.14. The Morgan fingerprint density at radius 3 is 2.77 bits per heavy atom. The first-order chi connectivity index (χ1) is 12.4. The highest BCUT2D eigenvalue weighted by atomic mass is 16.4. The van der Waals surface area contributed by atoms with E-state index in [9.17, 15) is 9.59 Å². The molecular weight excluding hydrogens is 336 g/mol. The quantitative estimate of drug-likeness (QED) is 0.590. The first-order valence-corrected chi connectivity index (χ1v) is 8.29.